The summed E-state index contributed by atoms with van der Waals surface area (Å²) in [4.78, 5) is 30.1. The molecule has 0 spiro atoms. The summed E-state index contributed by atoms with van der Waals surface area (Å²) in [6.45, 7) is 8.66. The van der Waals surface area contributed by atoms with Crippen LogP contribution in [0.4, 0.5) is 0 Å². The fourth-order valence-corrected chi connectivity index (χ4v) is 4.29. The van der Waals surface area contributed by atoms with Gasteiger partial charge in [-0.15, -0.1) is 0 Å². The molecule has 7 nitrogen and oxygen atoms in total. The largest absolute Gasteiger partial charge is 0.507 e. The Kier molecular flexibility index (Phi) is 10.1. The van der Waals surface area contributed by atoms with E-state index < -0.39 is 17.7 Å². The molecule has 0 aliphatic carbocycles. The van der Waals surface area contributed by atoms with E-state index in [2.05, 4.69) is 13.8 Å². The topological polar surface area (TPSA) is 79.3 Å². The number of rotatable bonds is 13. The second kappa shape index (κ2) is 13.3. The maximum absolute atomic E-state index is 13.3. The van der Waals surface area contributed by atoms with Gasteiger partial charge in [-0.25, -0.2) is 0 Å². The van der Waals surface area contributed by atoms with Crippen LogP contribution in [-0.4, -0.2) is 67.0 Å². The molecule has 1 aliphatic rings. The van der Waals surface area contributed by atoms with Gasteiger partial charge in [0.1, 0.15) is 17.3 Å². The third-order valence-electron chi connectivity index (χ3n) is 6.28. The molecule has 0 radical (unpaired) electrons. The Morgan fingerprint density at radius 3 is 2.38 bits per heavy atom. The summed E-state index contributed by atoms with van der Waals surface area (Å²) in [5, 5.41) is 11.3. The first kappa shape index (κ1) is 28.3. The number of aliphatic hydroxyl groups excluding tert-OH is 1. The first-order chi connectivity index (χ1) is 17.7. The zero-order valence-corrected chi connectivity index (χ0v) is 22.7. The van der Waals surface area contributed by atoms with Gasteiger partial charge >= 0.3 is 0 Å². The van der Waals surface area contributed by atoms with E-state index in [9.17, 15) is 14.7 Å². The smallest absolute Gasteiger partial charge is 0.295 e. The molecule has 1 aliphatic heterocycles. The average molecular weight is 509 g/mol. The van der Waals surface area contributed by atoms with Crippen LogP contribution in [0.1, 0.15) is 57.2 Å². The molecule has 37 heavy (non-hydrogen) atoms. The minimum atomic E-state index is -0.702. The number of hydrogen-bond acceptors (Lipinski definition) is 6. The number of Topliss-reactive ketones (excluding diaryl/α,β-unsaturated/α-hetero) is 1. The fourth-order valence-electron chi connectivity index (χ4n) is 4.29. The summed E-state index contributed by atoms with van der Waals surface area (Å²) in [6, 6.07) is 13.7. The average Bonchev–Trinajstić information content (AvgIpc) is 3.12. The lowest BCUT2D eigenvalue weighted by Crippen LogP contribution is -2.32. The summed E-state index contributed by atoms with van der Waals surface area (Å²) < 4.78 is 11.6. The van der Waals surface area contributed by atoms with Crippen molar-refractivity contribution < 1.29 is 24.2 Å². The zero-order chi connectivity index (χ0) is 26.9. The van der Waals surface area contributed by atoms with Gasteiger partial charge in [-0.3, -0.25) is 9.59 Å². The Morgan fingerprint density at radius 2 is 1.73 bits per heavy atom. The number of nitrogens with zero attached hydrogens (tertiary/aromatic N) is 2. The van der Waals surface area contributed by atoms with E-state index in [1.54, 1.807) is 29.2 Å². The molecule has 0 bridgehead atoms. The van der Waals surface area contributed by atoms with Crippen LogP contribution in [0.2, 0.25) is 0 Å². The van der Waals surface area contributed by atoms with Crippen molar-refractivity contribution in [3.05, 3.63) is 65.2 Å². The molecule has 1 heterocycles. The van der Waals surface area contributed by atoms with Gasteiger partial charge in [-0.05, 0) is 87.8 Å². The van der Waals surface area contributed by atoms with E-state index in [0.29, 0.717) is 49.2 Å². The number of benzene rings is 2. The van der Waals surface area contributed by atoms with Gasteiger partial charge in [0.15, 0.2) is 0 Å². The zero-order valence-electron chi connectivity index (χ0n) is 22.7. The number of ketones is 1. The molecule has 3 rings (SSSR count). The second-order valence-corrected chi connectivity index (χ2v) is 10.1. The molecule has 200 valence electrons. The first-order valence-corrected chi connectivity index (χ1v) is 13.1. The third-order valence-corrected chi connectivity index (χ3v) is 6.28. The van der Waals surface area contributed by atoms with Crippen LogP contribution in [0.5, 0.6) is 11.5 Å². The van der Waals surface area contributed by atoms with Crippen molar-refractivity contribution in [3.8, 4) is 11.5 Å². The van der Waals surface area contributed by atoms with Gasteiger partial charge in [-0.2, -0.15) is 0 Å². The summed E-state index contributed by atoms with van der Waals surface area (Å²) in [7, 11) is 3.94. The van der Waals surface area contributed by atoms with E-state index in [0.717, 1.165) is 24.9 Å². The van der Waals surface area contributed by atoms with E-state index in [1.165, 1.54) is 0 Å². The van der Waals surface area contributed by atoms with Crippen molar-refractivity contribution in [2.75, 3.05) is 40.4 Å². The standard InChI is InChI=1S/C30H40N2O5/c1-6-18-36-24-13-11-22(12-14-24)28(33)26-27(32(30(35)29(26)34)17-8-16-31(4)5)23-9-7-10-25(20-23)37-19-15-21(2)3/h7,9-14,20-21,27,33H,6,8,15-19H2,1-5H3. The SMILES string of the molecule is CCCOc1ccc(C(O)=C2C(=O)C(=O)N(CCCN(C)C)C2c2cccc(OCCC(C)C)c2)cc1. The molecule has 1 atom stereocenters. The Hall–Kier alpha value is -3.32. The predicted octanol–water partition coefficient (Wildman–Crippen LogP) is 5.27. The normalized spacial score (nSPS) is 17.2. The van der Waals surface area contributed by atoms with E-state index in [4.69, 9.17) is 9.47 Å². The number of likely N-dealkylation sites (tertiary alicyclic amines) is 1. The van der Waals surface area contributed by atoms with Crippen LogP contribution in [0, 0.1) is 5.92 Å². The van der Waals surface area contributed by atoms with Crippen molar-refractivity contribution in [3.63, 3.8) is 0 Å². The van der Waals surface area contributed by atoms with Gasteiger partial charge in [0, 0.05) is 12.1 Å². The monoisotopic (exact) mass is 508 g/mol. The highest BCUT2D eigenvalue weighted by Gasteiger charge is 2.45. The summed E-state index contributed by atoms with van der Waals surface area (Å²) in [5.74, 6) is 0.418. The molecule has 1 fully saturated rings. The number of amides is 1. The highest BCUT2D eigenvalue weighted by Crippen LogP contribution is 2.40. The van der Waals surface area contributed by atoms with Crippen molar-refractivity contribution in [1.82, 2.24) is 9.80 Å². The van der Waals surface area contributed by atoms with Crippen LogP contribution < -0.4 is 9.47 Å². The Morgan fingerprint density at radius 1 is 1.03 bits per heavy atom. The van der Waals surface area contributed by atoms with Crippen LogP contribution >= 0.6 is 0 Å². The molecule has 0 saturated carbocycles. The highest BCUT2D eigenvalue weighted by molar-refractivity contribution is 6.46. The Bertz CT molecular complexity index is 1090. The number of hydrogen-bond donors (Lipinski definition) is 1. The third kappa shape index (κ3) is 7.35. The van der Waals surface area contributed by atoms with Gasteiger partial charge in [0.05, 0.1) is 24.8 Å². The fraction of sp³-hybridized carbons (Fsp3) is 0.467. The Balaban J connectivity index is 2.00. The van der Waals surface area contributed by atoms with Gasteiger partial charge in [0.2, 0.25) is 0 Å². The Labute approximate surface area is 220 Å². The maximum Gasteiger partial charge on any atom is 0.295 e. The molecule has 7 heteroatoms. The van der Waals surface area contributed by atoms with Gasteiger partial charge < -0.3 is 24.4 Å². The van der Waals surface area contributed by atoms with Crippen LogP contribution in [0.15, 0.2) is 54.1 Å². The van der Waals surface area contributed by atoms with Crippen LogP contribution in [0.3, 0.4) is 0 Å². The first-order valence-electron chi connectivity index (χ1n) is 13.1. The number of aliphatic hydroxyl groups is 1. The molecular weight excluding hydrogens is 468 g/mol. The minimum Gasteiger partial charge on any atom is -0.507 e. The molecule has 1 unspecified atom stereocenters. The minimum absolute atomic E-state index is 0.0939. The van der Waals surface area contributed by atoms with Crippen molar-refractivity contribution in [2.24, 2.45) is 5.92 Å². The van der Waals surface area contributed by atoms with E-state index >= 15 is 0 Å². The number of carbonyl (C=O) groups is 2. The molecule has 2 aromatic carbocycles. The molecule has 2 aromatic rings. The molecule has 1 saturated heterocycles. The van der Waals surface area contributed by atoms with Gasteiger partial charge in [-0.1, -0.05) is 32.9 Å². The lowest BCUT2D eigenvalue weighted by molar-refractivity contribution is -0.139. The molecule has 1 N–H and O–H groups in total. The van der Waals surface area contributed by atoms with Crippen LogP contribution in [0.25, 0.3) is 5.76 Å². The van der Waals surface area contributed by atoms with E-state index in [1.807, 2.05) is 50.2 Å². The summed E-state index contributed by atoms with van der Waals surface area (Å²) in [6.07, 6.45) is 2.51. The van der Waals surface area contributed by atoms with Gasteiger partial charge in [0.25, 0.3) is 11.7 Å². The maximum atomic E-state index is 13.3. The van der Waals surface area contributed by atoms with Crippen molar-refractivity contribution in [2.45, 2.75) is 46.1 Å². The van der Waals surface area contributed by atoms with Crippen LogP contribution in [-0.2, 0) is 9.59 Å². The molecule has 1 amide bonds. The highest BCUT2D eigenvalue weighted by atomic mass is 16.5. The summed E-state index contributed by atoms with van der Waals surface area (Å²) >= 11 is 0. The lowest BCUT2D eigenvalue weighted by atomic mass is 9.95. The number of carbonyl (C=O) groups excluding carboxylic acids is 2. The van der Waals surface area contributed by atoms with E-state index in [-0.39, 0.29) is 11.3 Å². The molecule has 0 aromatic heterocycles. The molecular formula is C30H40N2O5. The summed E-state index contributed by atoms with van der Waals surface area (Å²) in [5.41, 5.74) is 1.29. The quantitative estimate of drug-likeness (QED) is 0.225. The second-order valence-electron chi connectivity index (χ2n) is 10.1. The van der Waals surface area contributed by atoms with Crippen molar-refractivity contribution >= 4 is 17.4 Å². The number of ether oxygens (including phenoxy) is 2. The predicted molar refractivity (Wildman–Crippen MR) is 146 cm³/mol. The van der Waals surface area contributed by atoms with Crippen molar-refractivity contribution in [1.29, 1.82) is 0 Å². The lowest BCUT2D eigenvalue weighted by Gasteiger charge is -2.26.